The molecule has 14 heteroatoms. The lowest BCUT2D eigenvalue weighted by atomic mass is 9.77. The third-order valence-electron chi connectivity index (χ3n) is 7.92. The summed E-state index contributed by atoms with van der Waals surface area (Å²) in [5.74, 6) is -9.32. The van der Waals surface area contributed by atoms with E-state index in [1.165, 1.54) is 4.90 Å². The standard InChI is InChI=1S/C21H27F2NO4.C13H19F2NO4/c1-5-21(22,23)20(11-12-24(15-20)18(26)28-19(2,3)4)13-17(25)27-14-16-9-7-6-8-10-16;1-5-13(14,15)12(9(17)18)6-7-16(8-12)10(19)20-11(2,3)4/h5-10H,1,11-15H2,2-4H3;5H,1,6-8H2,2-4H3,(H,17,18). The number of hydrogen-bond donors (Lipinski definition) is 1. The molecule has 2 heterocycles. The number of halogens is 4. The summed E-state index contributed by atoms with van der Waals surface area (Å²) in [6.45, 7) is 15.3. The van der Waals surface area contributed by atoms with Gasteiger partial charge in [0.2, 0.25) is 0 Å². The van der Waals surface area contributed by atoms with Crippen molar-refractivity contribution in [3.05, 3.63) is 61.2 Å². The molecule has 0 radical (unpaired) electrons. The van der Waals surface area contributed by atoms with Crippen molar-refractivity contribution in [1.82, 2.24) is 9.80 Å². The Morgan fingerprint density at radius 3 is 1.75 bits per heavy atom. The number of nitrogens with zero attached hydrogens (tertiary/aromatic N) is 2. The predicted octanol–water partition coefficient (Wildman–Crippen LogP) is 7.09. The maximum absolute atomic E-state index is 14.7. The molecule has 1 N–H and O–H groups in total. The van der Waals surface area contributed by atoms with E-state index in [1.54, 1.807) is 65.8 Å². The molecule has 268 valence electrons. The van der Waals surface area contributed by atoms with Gasteiger partial charge in [0.25, 0.3) is 11.8 Å². The number of aliphatic carboxylic acids is 1. The van der Waals surface area contributed by atoms with E-state index in [0.29, 0.717) is 12.2 Å². The molecule has 2 amide bonds. The Hall–Kier alpha value is -4.10. The fourth-order valence-corrected chi connectivity index (χ4v) is 5.25. The van der Waals surface area contributed by atoms with Crippen molar-refractivity contribution in [2.24, 2.45) is 10.8 Å². The summed E-state index contributed by atoms with van der Waals surface area (Å²) in [5.41, 5.74) is -4.85. The SMILES string of the molecule is C=CC(F)(F)C1(C(=O)O)CCN(C(=O)OC(C)(C)C)C1.C=CC(F)(F)C1(CC(=O)OCc2ccccc2)CCN(C(=O)OC(C)(C)C)C1. The molecule has 0 spiro atoms. The van der Waals surface area contributed by atoms with E-state index in [0.717, 1.165) is 10.5 Å². The maximum atomic E-state index is 14.7. The topological polar surface area (TPSA) is 123 Å². The largest absolute Gasteiger partial charge is 0.481 e. The molecule has 2 fully saturated rings. The van der Waals surface area contributed by atoms with Crippen LogP contribution in [0.4, 0.5) is 27.2 Å². The minimum atomic E-state index is -3.60. The van der Waals surface area contributed by atoms with Crippen LogP contribution in [0.3, 0.4) is 0 Å². The van der Waals surface area contributed by atoms with Gasteiger partial charge in [-0.2, -0.15) is 0 Å². The zero-order valence-electron chi connectivity index (χ0n) is 28.3. The second-order valence-electron chi connectivity index (χ2n) is 13.9. The molecule has 0 aliphatic carbocycles. The Morgan fingerprint density at radius 2 is 1.29 bits per heavy atom. The van der Waals surface area contributed by atoms with Gasteiger partial charge in [0, 0.05) is 26.2 Å². The van der Waals surface area contributed by atoms with E-state index < -0.39 is 71.0 Å². The molecule has 1 aromatic carbocycles. The molecule has 2 aliphatic heterocycles. The normalized spacial score (nSPS) is 21.5. The lowest BCUT2D eigenvalue weighted by molar-refractivity contribution is -0.167. The van der Waals surface area contributed by atoms with Crippen LogP contribution in [0.5, 0.6) is 0 Å². The number of likely N-dealkylation sites (tertiary alicyclic amines) is 2. The second kappa shape index (κ2) is 15.0. The lowest BCUT2D eigenvalue weighted by Crippen LogP contribution is -2.49. The quantitative estimate of drug-likeness (QED) is 0.127. The fraction of sp³-hybridized carbons (Fsp3) is 0.588. The molecule has 2 unspecified atom stereocenters. The van der Waals surface area contributed by atoms with Gasteiger partial charge < -0.3 is 29.1 Å². The van der Waals surface area contributed by atoms with E-state index in [-0.39, 0.29) is 39.1 Å². The monoisotopic (exact) mass is 686 g/mol. The van der Waals surface area contributed by atoms with Gasteiger partial charge in [0.1, 0.15) is 17.8 Å². The van der Waals surface area contributed by atoms with Gasteiger partial charge in [-0.15, -0.1) is 0 Å². The number of allylic oxidation sites excluding steroid dienone is 2. The Kier molecular flexibility index (Phi) is 12.5. The first-order valence-corrected chi connectivity index (χ1v) is 15.3. The van der Waals surface area contributed by atoms with Crippen LogP contribution in [0, 0.1) is 10.8 Å². The predicted molar refractivity (Wildman–Crippen MR) is 168 cm³/mol. The molecule has 0 aromatic heterocycles. The van der Waals surface area contributed by atoms with Crippen LogP contribution in [-0.2, 0) is 30.4 Å². The molecular formula is C34H46F4N2O8. The number of hydrogen-bond acceptors (Lipinski definition) is 7. The summed E-state index contributed by atoms with van der Waals surface area (Å²) in [7, 11) is 0. The van der Waals surface area contributed by atoms with Crippen molar-refractivity contribution >= 4 is 24.1 Å². The van der Waals surface area contributed by atoms with E-state index >= 15 is 0 Å². The molecular weight excluding hydrogens is 640 g/mol. The van der Waals surface area contributed by atoms with E-state index in [2.05, 4.69) is 13.2 Å². The second-order valence-corrected chi connectivity index (χ2v) is 13.9. The third kappa shape index (κ3) is 9.96. The van der Waals surface area contributed by atoms with Crippen molar-refractivity contribution in [2.45, 2.75) is 90.5 Å². The van der Waals surface area contributed by atoms with Crippen LogP contribution in [0.25, 0.3) is 0 Å². The van der Waals surface area contributed by atoms with Crippen LogP contribution in [-0.4, -0.2) is 88.3 Å². The average molecular weight is 687 g/mol. The molecule has 2 atom stereocenters. The number of carbonyl (C=O) groups excluding carboxylic acids is 3. The van der Waals surface area contributed by atoms with Gasteiger partial charge in [0.15, 0.2) is 5.41 Å². The molecule has 2 saturated heterocycles. The summed E-state index contributed by atoms with van der Waals surface area (Å²) in [4.78, 5) is 49.9. The molecule has 48 heavy (non-hydrogen) atoms. The van der Waals surface area contributed by atoms with Gasteiger partial charge >= 0.3 is 24.1 Å². The van der Waals surface area contributed by atoms with Crippen molar-refractivity contribution in [3.63, 3.8) is 0 Å². The Morgan fingerprint density at radius 1 is 0.812 bits per heavy atom. The number of esters is 1. The van der Waals surface area contributed by atoms with Crippen molar-refractivity contribution in [1.29, 1.82) is 0 Å². The van der Waals surface area contributed by atoms with Crippen molar-refractivity contribution in [3.8, 4) is 0 Å². The Balaban J connectivity index is 0.000000353. The zero-order chi connectivity index (χ0) is 36.8. The number of ether oxygens (including phenoxy) is 3. The zero-order valence-corrected chi connectivity index (χ0v) is 28.3. The summed E-state index contributed by atoms with van der Waals surface area (Å²) in [6, 6.07) is 8.98. The fourth-order valence-electron chi connectivity index (χ4n) is 5.25. The Bertz CT molecular complexity index is 1340. The first-order chi connectivity index (χ1) is 21.9. The highest BCUT2D eigenvalue weighted by molar-refractivity contribution is 5.79. The van der Waals surface area contributed by atoms with Gasteiger partial charge in [-0.3, -0.25) is 9.59 Å². The van der Waals surface area contributed by atoms with E-state index in [4.69, 9.17) is 19.3 Å². The number of carbonyl (C=O) groups is 4. The highest BCUT2D eigenvalue weighted by Crippen LogP contribution is 2.48. The van der Waals surface area contributed by atoms with Crippen molar-refractivity contribution < 1.29 is 56.1 Å². The molecule has 0 saturated carbocycles. The number of alkyl halides is 4. The van der Waals surface area contributed by atoms with Gasteiger partial charge in [-0.1, -0.05) is 43.5 Å². The van der Waals surface area contributed by atoms with Gasteiger partial charge in [0.05, 0.1) is 11.8 Å². The van der Waals surface area contributed by atoms with Crippen LogP contribution >= 0.6 is 0 Å². The summed E-state index contributed by atoms with van der Waals surface area (Å²) in [6.07, 6.45) is -1.52. The summed E-state index contributed by atoms with van der Waals surface area (Å²) < 4.78 is 72.7. The molecule has 2 aliphatic rings. The third-order valence-corrected chi connectivity index (χ3v) is 7.92. The minimum absolute atomic E-state index is 0.00515. The lowest BCUT2D eigenvalue weighted by Gasteiger charge is -2.34. The van der Waals surface area contributed by atoms with E-state index in [9.17, 15) is 36.7 Å². The number of amides is 2. The first-order valence-electron chi connectivity index (χ1n) is 15.3. The molecule has 10 nitrogen and oxygen atoms in total. The summed E-state index contributed by atoms with van der Waals surface area (Å²) in [5, 5.41) is 9.16. The van der Waals surface area contributed by atoms with Gasteiger partial charge in [-0.05, 0) is 72.1 Å². The highest BCUT2D eigenvalue weighted by Gasteiger charge is 2.62. The average Bonchev–Trinajstić information content (AvgIpc) is 3.63. The van der Waals surface area contributed by atoms with Crippen LogP contribution in [0.15, 0.2) is 55.6 Å². The number of carboxylic acid groups (broad SMARTS) is 1. The molecule has 0 bridgehead atoms. The van der Waals surface area contributed by atoms with Crippen LogP contribution < -0.4 is 0 Å². The number of benzene rings is 1. The smallest absolute Gasteiger partial charge is 0.410 e. The molecule has 3 rings (SSSR count). The van der Waals surface area contributed by atoms with Crippen LogP contribution in [0.1, 0.15) is 66.4 Å². The number of carboxylic acids is 1. The van der Waals surface area contributed by atoms with Crippen LogP contribution in [0.2, 0.25) is 0 Å². The van der Waals surface area contributed by atoms with Gasteiger partial charge in [-0.25, -0.2) is 27.2 Å². The highest BCUT2D eigenvalue weighted by atomic mass is 19.3. The first kappa shape index (κ1) is 40.1. The maximum Gasteiger partial charge on any atom is 0.410 e. The molecule has 1 aromatic rings. The van der Waals surface area contributed by atoms with Crippen molar-refractivity contribution in [2.75, 3.05) is 26.2 Å². The minimum Gasteiger partial charge on any atom is -0.481 e. The van der Waals surface area contributed by atoms with E-state index in [1.807, 2.05) is 6.07 Å². The Labute approximate surface area is 278 Å². The number of rotatable bonds is 9. The summed E-state index contributed by atoms with van der Waals surface area (Å²) >= 11 is 0.